The van der Waals surface area contributed by atoms with E-state index < -0.39 is 17.6 Å². The van der Waals surface area contributed by atoms with Gasteiger partial charge in [0.15, 0.2) is 0 Å². The molecule has 22 heavy (non-hydrogen) atoms. The van der Waals surface area contributed by atoms with E-state index in [1.54, 1.807) is 6.07 Å². The molecule has 0 radical (unpaired) electrons. The molecular weight excluding hydrogens is 292 g/mol. The topological polar surface area (TPSA) is 61.5 Å². The molecule has 4 nitrogen and oxygen atoms in total. The minimum atomic E-state index is -0.706. The number of carbonyl (C=O) groups is 1. The summed E-state index contributed by atoms with van der Waals surface area (Å²) in [5, 5.41) is 0. The molecule has 0 unspecified atom stereocenters. The fraction of sp³-hybridized carbons (Fsp3) is 0.188. The summed E-state index contributed by atoms with van der Waals surface area (Å²) in [5.74, 6) is -1.62. The van der Waals surface area contributed by atoms with Gasteiger partial charge in [-0.2, -0.15) is 0 Å². The van der Waals surface area contributed by atoms with Gasteiger partial charge in [-0.25, -0.2) is 13.6 Å². The van der Waals surface area contributed by atoms with E-state index in [4.69, 9.17) is 10.5 Å². The molecule has 2 N–H and O–H groups in total. The second-order valence-corrected chi connectivity index (χ2v) is 4.53. The number of nitrogens with two attached hydrogens (primary N) is 1. The zero-order chi connectivity index (χ0) is 16.1. The quantitative estimate of drug-likeness (QED) is 0.863. The summed E-state index contributed by atoms with van der Waals surface area (Å²) in [4.78, 5) is 11.7. The molecule has 0 fully saturated rings. The number of rotatable bonds is 5. The minimum absolute atomic E-state index is 0.219. The summed E-state index contributed by atoms with van der Waals surface area (Å²) < 4.78 is 36.8. The third-order valence-electron chi connectivity index (χ3n) is 2.91. The van der Waals surface area contributed by atoms with Gasteiger partial charge in [0, 0.05) is 12.6 Å². The monoisotopic (exact) mass is 307 g/mol. The lowest BCUT2D eigenvalue weighted by molar-refractivity contribution is 0.0600. The lowest BCUT2D eigenvalue weighted by Crippen LogP contribution is -2.11. The fourth-order valence-electron chi connectivity index (χ4n) is 1.98. The summed E-state index contributed by atoms with van der Waals surface area (Å²) >= 11 is 0. The van der Waals surface area contributed by atoms with Crippen LogP contribution in [0, 0.1) is 11.6 Å². The molecule has 2 aromatic rings. The molecule has 0 bridgehead atoms. The first-order valence-corrected chi connectivity index (χ1v) is 6.56. The largest absolute Gasteiger partial charge is 0.492 e. The molecule has 0 spiro atoms. The first-order chi connectivity index (χ1) is 10.5. The molecule has 0 heterocycles. The zero-order valence-electron chi connectivity index (χ0n) is 11.9. The highest BCUT2D eigenvalue weighted by molar-refractivity contribution is 5.91. The Hall–Kier alpha value is -2.47. The number of methoxy groups -OCH3 is 1. The van der Waals surface area contributed by atoms with Crippen molar-refractivity contribution in [3.05, 3.63) is 53.6 Å². The van der Waals surface area contributed by atoms with E-state index in [-0.39, 0.29) is 12.2 Å². The molecule has 2 rings (SSSR count). The molecule has 6 heteroatoms. The second-order valence-electron chi connectivity index (χ2n) is 4.53. The summed E-state index contributed by atoms with van der Waals surface area (Å²) in [6.07, 6.45) is 0. The Morgan fingerprint density at radius 3 is 2.27 bits per heavy atom. The summed E-state index contributed by atoms with van der Waals surface area (Å²) in [5.41, 5.74) is 6.32. The number of benzene rings is 2. The summed E-state index contributed by atoms with van der Waals surface area (Å²) in [6.45, 7) is 0.550. The minimum Gasteiger partial charge on any atom is -0.492 e. The van der Waals surface area contributed by atoms with Crippen LogP contribution in [-0.2, 0) is 4.74 Å². The fourth-order valence-corrected chi connectivity index (χ4v) is 1.98. The van der Waals surface area contributed by atoms with Crippen molar-refractivity contribution in [1.29, 1.82) is 0 Å². The number of hydrogen-bond donors (Lipinski definition) is 1. The number of halogens is 2. The molecular formula is C16H15F2NO3. The van der Waals surface area contributed by atoms with Crippen LogP contribution in [0.25, 0.3) is 11.1 Å². The first-order valence-electron chi connectivity index (χ1n) is 6.56. The van der Waals surface area contributed by atoms with Crippen LogP contribution in [0.15, 0.2) is 36.4 Å². The van der Waals surface area contributed by atoms with E-state index in [1.165, 1.54) is 31.4 Å². The van der Waals surface area contributed by atoms with E-state index in [2.05, 4.69) is 4.74 Å². The van der Waals surface area contributed by atoms with Crippen molar-refractivity contribution >= 4 is 5.97 Å². The average molecular weight is 307 g/mol. The van der Waals surface area contributed by atoms with Gasteiger partial charge in [0.05, 0.1) is 12.7 Å². The van der Waals surface area contributed by atoms with Gasteiger partial charge in [0.25, 0.3) is 0 Å². The Morgan fingerprint density at radius 1 is 1.05 bits per heavy atom. The first kappa shape index (κ1) is 15.9. The van der Waals surface area contributed by atoms with Gasteiger partial charge < -0.3 is 15.2 Å². The van der Waals surface area contributed by atoms with Crippen molar-refractivity contribution in [2.24, 2.45) is 5.73 Å². The van der Waals surface area contributed by atoms with Crippen LogP contribution >= 0.6 is 0 Å². The van der Waals surface area contributed by atoms with Crippen LogP contribution in [0.5, 0.6) is 5.75 Å². The molecule has 0 amide bonds. The van der Waals surface area contributed by atoms with Gasteiger partial charge in [0.2, 0.25) is 0 Å². The third-order valence-corrected chi connectivity index (χ3v) is 2.91. The molecule has 0 aromatic heterocycles. The lowest BCUT2D eigenvalue weighted by Gasteiger charge is -2.10. The van der Waals surface area contributed by atoms with Gasteiger partial charge in [-0.1, -0.05) is 0 Å². The van der Waals surface area contributed by atoms with E-state index >= 15 is 0 Å². The Morgan fingerprint density at radius 2 is 1.68 bits per heavy atom. The Labute approximate surface area is 126 Å². The van der Waals surface area contributed by atoms with Gasteiger partial charge in [-0.05, 0) is 41.5 Å². The van der Waals surface area contributed by atoms with E-state index in [9.17, 15) is 13.6 Å². The van der Waals surface area contributed by atoms with Gasteiger partial charge in [-0.3, -0.25) is 0 Å². The highest BCUT2D eigenvalue weighted by atomic mass is 19.1. The molecule has 0 saturated heterocycles. The van der Waals surface area contributed by atoms with Crippen molar-refractivity contribution in [3.63, 3.8) is 0 Å². The maximum absolute atomic E-state index is 13.4. The smallest absolute Gasteiger partial charge is 0.338 e. The van der Waals surface area contributed by atoms with Crippen LogP contribution in [-0.4, -0.2) is 26.2 Å². The number of hydrogen-bond acceptors (Lipinski definition) is 4. The Bertz CT molecular complexity index is 669. The van der Waals surface area contributed by atoms with Crippen LogP contribution in [0.3, 0.4) is 0 Å². The number of carbonyl (C=O) groups excluding carboxylic acids is 1. The van der Waals surface area contributed by atoms with Crippen molar-refractivity contribution in [3.8, 4) is 16.9 Å². The van der Waals surface area contributed by atoms with E-state index in [1.807, 2.05) is 0 Å². The summed E-state index contributed by atoms with van der Waals surface area (Å²) in [6, 6.07) is 7.67. The molecule has 2 aromatic carbocycles. The normalized spacial score (nSPS) is 10.4. The Balaban J connectivity index is 2.50. The average Bonchev–Trinajstić information content (AvgIpc) is 2.50. The molecule has 0 saturated carbocycles. The third kappa shape index (κ3) is 3.79. The number of ether oxygens (including phenoxy) is 2. The molecule has 116 valence electrons. The van der Waals surface area contributed by atoms with Crippen LogP contribution in [0.1, 0.15) is 10.4 Å². The molecule has 0 atom stereocenters. The van der Waals surface area contributed by atoms with Crippen LogP contribution in [0.2, 0.25) is 0 Å². The lowest BCUT2D eigenvalue weighted by atomic mass is 10.0. The van der Waals surface area contributed by atoms with Crippen molar-refractivity contribution in [2.75, 3.05) is 20.3 Å². The predicted octanol–water partition coefficient (Wildman–Crippen LogP) is 2.76. The van der Waals surface area contributed by atoms with Crippen molar-refractivity contribution in [1.82, 2.24) is 0 Å². The van der Waals surface area contributed by atoms with Crippen molar-refractivity contribution < 1.29 is 23.0 Å². The molecule has 0 aliphatic heterocycles. The van der Waals surface area contributed by atoms with Gasteiger partial charge in [-0.15, -0.1) is 0 Å². The Kier molecular flexibility index (Phi) is 5.06. The highest BCUT2D eigenvalue weighted by Gasteiger charge is 2.12. The number of esters is 1. The zero-order valence-corrected chi connectivity index (χ0v) is 11.9. The molecule has 0 aliphatic carbocycles. The highest BCUT2D eigenvalue weighted by Crippen LogP contribution is 2.28. The van der Waals surface area contributed by atoms with E-state index in [0.717, 1.165) is 6.07 Å². The van der Waals surface area contributed by atoms with Crippen LogP contribution in [0.4, 0.5) is 8.78 Å². The maximum Gasteiger partial charge on any atom is 0.338 e. The van der Waals surface area contributed by atoms with Crippen molar-refractivity contribution in [2.45, 2.75) is 0 Å². The second kappa shape index (κ2) is 7.00. The predicted molar refractivity (Wildman–Crippen MR) is 77.7 cm³/mol. The van der Waals surface area contributed by atoms with Gasteiger partial charge in [0.1, 0.15) is 24.0 Å². The van der Waals surface area contributed by atoms with Crippen LogP contribution < -0.4 is 10.5 Å². The standard InChI is InChI=1S/C16H15F2NO3/c1-21-16(20)12-4-10(7-15(8-12)22-3-2-19)11-5-13(17)9-14(18)6-11/h4-9H,2-3,19H2,1H3. The van der Waals surface area contributed by atoms with Gasteiger partial charge >= 0.3 is 5.97 Å². The summed E-state index contributed by atoms with van der Waals surface area (Å²) in [7, 11) is 1.25. The van der Waals surface area contributed by atoms with E-state index in [0.29, 0.717) is 23.4 Å². The molecule has 0 aliphatic rings. The SMILES string of the molecule is COC(=O)c1cc(OCCN)cc(-c2cc(F)cc(F)c2)c1. The maximum atomic E-state index is 13.4.